The maximum atomic E-state index is 13.9. The molecule has 2 aromatic rings. The molecule has 140 valence electrons. The predicted molar refractivity (Wildman–Crippen MR) is 97.5 cm³/mol. The Morgan fingerprint density at radius 3 is 2.81 bits per heavy atom. The number of amides is 1. The van der Waals surface area contributed by atoms with Gasteiger partial charge in [-0.2, -0.15) is 0 Å². The average Bonchev–Trinajstić information content (AvgIpc) is 3.12. The largest absolute Gasteiger partial charge is 0.337 e. The Morgan fingerprint density at radius 1 is 1.31 bits per heavy atom. The number of likely N-dealkylation sites (tertiary alicyclic amines) is 1. The molecule has 0 atom stereocenters. The molecule has 0 aliphatic carbocycles. The van der Waals surface area contributed by atoms with Crippen LogP contribution in [-0.2, 0) is 13.1 Å². The fourth-order valence-electron chi connectivity index (χ4n) is 3.07. The second kappa shape index (κ2) is 8.60. The number of likely N-dealkylation sites (N-methyl/N-ethyl adjacent to an activating group) is 1. The van der Waals surface area contributed by atoms with Crippen molar-refractivity contribution in [3.05, 3.63) is 46.5 Å². The number of carbonyl (C=O) groups is 1. The van der Waals surface area contributed by atoms with Gasteiger partial charge in [0.15, 0.2) is 5.69 Å². The van der Waals surface area contributed by atoms with Gasteiger partial charge in [0.05, 0.1) is 12.7 Å². The summed E-state index contributed by atoms with van der Waals surface area (Å²) in [4.78, 5) is 16.2. The van der Waals surface area contributed by atoms with E-state index < -0.39 is 0 Å². The quantitative estimate of drug-likeness (QED) is 0.774. The minimum absolute atomic E-state index is 0.0533. The van der Waals surface area contributed by atoms with E-state index in [0.717, 1.165) is 25.9 Å². The van der Waals surface area contributed by atoms with Gasteiger partial charge in [-0.15, -0.1) is 5.10 Å². The molecule has 1 aliphatic heterocycles. The van der Waals surface area contributed by atoms with Gasteiger partial charge in [0, 0.05) is 36.8 Å². The monoisotopic (exact) mass is 379 g/mol. The van der Waals surface area contributed by atoms with Gasteiger partial charge in [-0.1, -0.05) is 22.9 Å². The van der Waals surface area contributed by atoms with E-state index in [-0.39, 0.29) is 11.7 Å². The highest BCUT2D eigenvalue weighted by Gasteiger charge is 2.21. The molecule has 0 N–H and O–H groups in total. The average molecular weight is 380 g/mol. The van der Waals surface area contributed by atoms with Crippen molar-refractivity contribution in [2.24, 2.45) is 0 Å². The maximum absolute atomic E-state index is 13.9. The van der Waals surface area contributed by atoms with Gasteiger partial charge in [0.25, 0.3) is 5.91 Å². The molecule has 1 aromatic heterocycles. The van der Waals surface area contributed by atoms with E-state index in [2.05, 4.69) is 10.3 Å². The summed E-state index contributed by atoms with van der Waals surface area (Å²) in [6.45, 7) is 3.17. The van der Waals surface area contributed by atoms with Gasteiger partial charge in [-0.3, -0.25) is 9.48 Å². The molecule has 0 radical (unpaired) electrons. The molecule has 8 heteroatoms. The Bertz CT molecular complexity index is 740. The highest BCUT2D eigenvalue weighted by molar-refractivity contribution is 6.31. The number of hydrogen-bond donors (Lipinski definition) is 0. The normalized spacial score (nSPS) is 14.8. The van der Waals surface area contributed by atoms with Crippen LogP contribution >= 0.6 is 11.6 Å². The molecule has 0 spiro atoms. The first kappa shape index (κ1) is 18.8. The molecular weight excluding hydrogens is 357 g/mol. The Morgan fingerprint density at radius 2 is 2.08 bits per heavy atom. The third-order valence-corrected chi connectivity index (χ3v) is 4.96. The van der Waals surface area contributed by atoms with Crippen LogP contribution in [0.15, 0.2) is 24.4 Å². The summed E-state index contributed by atoms with van der Waals surface area (Å²) in [5.74, 6) is -0.359. The van der Waals surface area contributed by atoms with Gasteiger partial charge in [0.1, 0.15) is 5.82 Å². The molecule has 26 heavy (non-hydrogen) atoms. The number of aromatic nitrogens is 3. The molecule has 1 fully saturated rings. The smallest absolute Gasteiger partial charge is 0.276 e. The molecule has 6 nitrogen and oxygen atoms in total. The molecule has 1 amide bonds. The first-order valence-electron chi connectivity index (χ1n) is 8.85. The fraction of sp³-hybridized carbons (Fsp3) is 0.500. The van der Waals surface area contributed by atoms with Crippen molar-refractivity contribution in [3.63, 3.8) is 0 Å². The third-order valence-electron chi connectivity index (χ3n) is 4.60. The Balaban J connectivity index is 1.53. The van der Waals surface area contributed by atoms with E-state index in [1.54, 1.807) is 23.0 Å². The molecule has 3 rings (SSSR count). The summed E-state index contributed by atoms with van der Waals surface area (Å²) in [6.07, 6.45) is 4.95. The summed E-state index contributed by atoms with van der Waals surface area (Å²) >= 11 is 6.07. The lowest BCUT2D eigenvalue weighted by Gasteiger charge is -2.25. The lowest BCUT2D eigenvalue weighted by Crippen LogP contribution is -2.35. The van der Waals surface area contributed by atoms with Crippen LogP contribution in [0.1, 0.15) is 35.3 Å². The Kier molecular flexibility index (Phi) is 6.21. The van der Waals surface area contributed by atoms with Gasteiger partial charge in [-0.25, -0.2) is 4.39 Å². The van der Waals surface area contributed by atoms with Gasteiger partial charge >= 0.3 is 0 Å². The van der Waals surface area contributed by atoms with Crippen molar-refractivity contribution in [2.75, 3.05) is 26.7 Å². The molecule has 0 saturated carbocycles. The van der Waals surface area contributed by atoms with Gasteiger partial charge in [0.2, 0.25) is 0 Å². The van der Waals surface area contributed by atoms with Gasteiger partial charge < -0.3 is 9.80 Å². The summed E-state index contributed by atoms with van der Waals surface area (Å²) in [6, 6.07) is 4.69. The second-order valence-corrected chi connectivity index (χ2v) is 7.06. The number of nitrogens with zero attached hydrogens (tertiary/aromatic N) is 5. The molecule has 0 bridgehead atoms. The van der Waals surface area contributed by atoms with E-state index in [1.165, 1.54) is 12.5 Å². The highest BCUT2D eigenvalue weighted by Crippen LogP contribution is 2.20. The van der Waals surface area contributed by atoms with Crippen LogP contribution in [0.4, 0.5) is 4.39 Å². The Hall–Kier alpha value is -1.99. The maximum Gasteiger partial charge on any atom is 0.276 e. The zero-order valence-corrected chi connectivity index (χ0v) is 15.6. The molecular formula is C18H23ClFN5O. The van der Waals surface area contributed by atoms with Gasteiger partial charge in [-0.05, 0) is 38.4 Å². The standard InChI is InChI=1S/C18H23ClFN5O/c1-23(12-14-15(19)6-5-7-16(14)20)10-11-25-13-17(21-22-25)18(26)24-8-3-2-4-9-24/h5-7,13H,2-4,8-12H2,1H3. The zero-order valence-electron chi connectivity index (χ0n) is 14.9. The van der Waals surface area contributed by atoms with E-state index in [0.29, 0.717) is 35.9 Å². The summed E-state index contributed by atoms with van der Waals surface area (Å²) < 4.78 is 15.5. The molecule has 2 heterocycles. The third kappa shape index (κ3) is 4.59. The van der Waals surface area contributed by atoms with Crippen molar-refractivity contribution < 1.29 is 9.18 Å². The minimum atomic E-state index is -0.306. The first-order valence-corrected chi connectivity index (χ1v) is 9.23. The van der Waals surface area contributed by atoms with Crippen LogP contribution in [-0.4, -0.2) is 57.4 Å². The SMILES string of the molecule is CN(CCn1cc(C(=O)N2CCCCC2)nn1)Cc1c(F)cccc1Cl. The lowest BCUT2D eigenvalue weighted by molar-refractivity contribution is 0.0718. The fourth-order valence-corrected chi connectivity index (χ4v) is 3.29. The van der Waals surface area contributed by atoms with Crippen molar-refractivity contribution in [3.8, 4) is 0 Å². The number of carbonyl (C=O) groups excluding carboxylic acids is 1. The van der Waals surface area contributed by atoms with E-state index in [4.69, 9.17) is 11.6 Å². The van der Waals surface area contributed by atoms with Crippen molar-refractivity contribution >= 4 is 17.5 Å². The summed E-state index contributed by atoms with van der Waals surface area (Å²) in [5.41, 5.74) is 0.864. The van der Waals surface area contributed by atoms with Crippen molar-refractivity contribution in [2.45, 2.75) is 32.4 Å². The van der Waals surface area contributed by atoms with E-state index in [1.807, 2.05) is 16.8 Å². The second-order valence-electron chi connectivity index (χ2n) is 6.66. The predicted octanol–water partition coefficient (Wildman–Crippen LogP) is 2.83. The minimum Gasteiger partial charge on any atom is -0.337 e. The van der Waals surface area contributed by atoms with Crippen LogP contribution < -0.4 is 0 Å². The molecule has 0 unspecified atom stereocenters. The number of rotatable bonds is 6. The number of hydrogen-bond acceptors (Lipinski definition) is 4. The highest BCUT2D eigenvalue weighted by atomic mass is 35.5. The van der Waals surface area contributed by atoms with Crippen LogP contribution in [0.5, 0.6) is 0 Å². The molecule has 1 saturated heterocycles. The molecule has 1 aromatic carbocycles. The van der Waals surface area contributed by atoms with Crippen molar-refractivity contribution in [1.29, 1.82) is 0 Å². The van der Waals surface area contributed by atoms with Crippen LogP contribution in [0.2, 0.25) is 5.02 Å². The number of halogens is 2. The number of piperidine rings is 1. The zero-order chi connectivity index (χ0) is 18.5. The summed E-state index contributed by atoms with van der Waals surface area (Å²) in [7, 11) is 1.89. The molecule has 1 aliphatic rings. The topological polar surface area (TPSA) is 54.3 Å². The van der Waals surface area contributed by atoms with Crippen LogP contribution in [0.3, 0.4) is 0 Å². The lowest BCUT2D eigenvalue weighted by atomic mass is 10.1. The Labute approximate surface area is 157 Å². The van der Waals surface area contributed by atoms with Crippen LogP contribution in [0, 0.1) is 5.82 Å². The van der Waals surface area contributed by atoms with Crippen molar-refractivity contribution in [1.82, 2.24) is 24.8 Å². The number of benzene rings is 1. The van der Waals surface area contributed by atoms with E-state index in [9.17, 15) is 9.18 Å². The van der Waals surface area contributed by atoms with Crippen LogP contribution in [0.25, 0.3) is 0 Å². The summed E-state index contributed by atoms with van der Waals surface area (Å²) in [5, 5.41) is 8.47. The first-order chi connectivity index (χ1) is 12.5. The van der Waals surface area contributed by atoms with E-state index >= 15 is 0 Å².